The van der Waals surface area contributed by atoms with Gasteiger partial charge in [0.2, 0.25) is 0 Å². The molecule has 2 heterocycles. The zero-order valence-electron chi connectivity index (χ0n) is 17.0. The molecular formula is C21H32N4O3. The van der Waals surface area contributed by atoms with Crippen molar-refractivity contribution in [3.05, 3.63) is 29.3 Å². The lowest BCUT2D eigenvalue weighted by atomic mass is 9.95. The van der Waals surface area contributed by atoms with Crippen molar-refractivity contribution in [2.75, 3.05) is 57.9 Å². The van der Waals surface area contributed by atoms with E-state index in [4.69, 9.17) is 4.74 Å². The van der Waals surface area contributed by atoms with E-state index in [0.29, 0.717) is 26.3 Å². The maximum atomic E-state index is 12.2. The summed E-state index contributed by atoms with van der Waals surface area (Å²) in [6, 6.07) is 6.65. The number of benzene rings is 1. The monoisotopic (exact) mass is 388 g/mol. The third kappa shape index (κ3) is 5.02. The van der Waals surface area contributed by atoms with E-state index >= 15 is 0 Å². The fraction of sp³-hybridized carbons (Fsp3) is 0.619. The van der Waals surface area contributed by atoms with E-state index in [1.54, 1.807) is 0 Å². The second-order valence-electron chi connectivity index (χ2n) is 7.54. The Kier molecular flexibility index (Phi) is 7.28. The van der Waals surface area contributed by atoms with Crippen LogP contribution in [0, 0.1) is 0 Å². The fourth-order valence-corrected chi connectivity index (χ4v) is 3.95. The average Bonchev–Trinajstić information content (AvgIpc) is 2.73. The van der Waals surface area contributed by atoms with Crippen LogP contribution in [0.4, 0.5) is 5.69 Å². The lowest BCUT2D eigenvalue weighted by Crippen LogP contribution is -2.46. The van der Waals surface area contributed by atoms with Gasteiger partial charge in [-0.1, -0.05) is 19.1 Å². The summed E-state index contributed by atoms with van der Waals surface area (Å²) >= 11 is 0. The van der Waals surface area contributed by atoms with E-state index < -0.39 is 11.8 Å². The first-order chi connectivity index (χ1) is 13.6. The summed E-state index contributed by atoms with van der Waals surface area (Å²) in [4.78, 5) is 28.7. The number of hydrogen-bond acceptors (Lipinski definition) is 5. The summed E-state index contributed by atoms with van der Waals surface area (Å²) in [7, 11) is 2.13. The third-order valence-electron chi connectivity index (χ3n) is 5.52. The van der Waals surface area contributed by atoms with Gasteiger partial charge in [0.1, 0.15) is 0 Å². The number of anilines is 1. The first-order valence-corrected chi connectivity index (χ1v) is 10.3. The molecule has 0 spiro atoms. The van der Waals surface area contributed by atoms with E-state index in [-0.39, 0.29) is 6.04 Å². The van der Waals surface area contributed by atoms with E-state index in [2.05, 4.69) is 45.7 Å². The molecule has 3 rings (SSSR count). The molecule has 28 heavy (non-hydrogen) atoms. The van der Waals surface area contributed by atoms with Crippen LogP contribution in [-0.2, 0) is 20.7 Å². The zero-order valence-corrected chi connectivity index (χ0v) is 17.0. The summed E-state index contributed by atoms with van der Waals surface area (Å²) in [5.74, 6) is -1.13. The topological polar surface area (TPSA) is 73.9 Å². The molecule has 0 saturated carbocycles. The lowest BCUT2D eigenvalue weighted by molar-refractivity contribution is -0.139. The molecule has 0 radical (unpaired) electrons. The second-order valence-corrected chi connectivity index (χ2v) is 7.54. The molecule has 0 bridgehead atoms. The van der Waals surface area contributed by atoms with Gasteiger partial charge in [0, 0.05) is 45.5 Å². The highest BCUT2D eigenvalue weighted by Crippen LogP contribution is 2.30. The Balaban J connectivity index is 1.74. The molecule has 0 aliphatic carbocycles. The molecule has 7 nitrogen and oxygen atoms in total. The number of aryl methyl sites for hydroxylation is 1. The van der Waals surface area contributed by atoms with Crippen LogP contribution in [0.15, 0.2) is 18.2 Å². The van der Waals surface area contributed by atoms with Gasteiger partial charge in [-0.3, -0.25) is 14.5 Å². The zero-order chi connectivity index (χ0) is 19.9. The van der Waals surface area contributed by atoms with E-state index in [1.165, 1.54) is 16.8 Å². The van der Waals surface area contributed by atoms with Crippen molar-refractivity contribution in [2.45, 2.75) is 32.2 Å². The Morgan fingerprint density at radius 1 is 1.14 bits per heavy atom. The normalized spacial score (nSPS) is 18.3. The Morgan fingerprint density at radius 3 is 2.64 bits per heavy atom. The third-order valence-corrected chi connectivity index (χ3v) is 5.52. The number of carbonyl (C=O) groups is 2. The summed E-state index contributed by atoms with van der Waals surface area (Å²) in [6.07, 6.45) is 3.04. The first kappa shape index (κ1) is 20.6. The summed E-state index contributed by atoms with van der Waals surface area (Å²) in [5, 5.41) is 5.46. The number of nitrogens with zero attached hydrogens (tertiary/aromatic N) is 2. The van der Waals surface area contributed by atoms with Crippen LogP contribution in [0.1, 0.15) is 36.9 Å². The van der Waals surface area contributed by atoms with Crippen molar-refractivity contribution >= 4 is 17.5 Å². The van der Waals surface area contributed by atoms with Crippen LogP contribution < -0.4 is 15.5 Å². The maximum absolute atomic E-state index is 12.2. The van der Waals surface area contributed by atoms with Crippen LogP contribution in [0.2, 0.25) is 0 Å². The molecule has 1 aromatic carbocycles. The summed E-state index contributed by atoms with van der Waals surface area (Å²) in [5.41, 5.74) is 3.83. The van der Waals surface area contributed by atoms with E-state index in [1.807, 2.05) is 6.92 Å². The van der Waals surface area contributed by atoms with Crippen molar-refractivity contribution in [1.82, 2.24) is 15.5 Å². The molecule has 0 unspecified atom stereocenters. The quantitative estimate of drug-likeness (QED) is 0.714. The van der Waals surface area contributed by atoms with Crippen LogP contribution >= 0.6 is 0 Å². The highest BCUT2D eigenvalue weighted by Gasteiger charge is 2.26. The molecule has 2 aliphatic heterocycles. The molecule has 2 amide bonds. The van der Waals surface area contributed by atoms with E-state index in [9.17, 15) is 9.59 Å². The smallest absolute Gasteiger partial charge is 0.309 e. The Bertz CT molecular complexity index is 688. The number of rotatable bonds is 6. The lowest BCUT2D eigenvalue weighted by Gasteiger charge is -2.36. The van der Waals surface area contributed by atoms with Gasteiger partial charge >= 0.3 is 11.8 Å². The molecule has 1 aromatic rings. The molecule has 0 aromatic heterocycles. The molecule has 1 saturated heterocycles. The molecule has 2 aliphatic rings. The predicted molar refractivity (Wildman–Crippen MR) is 109 cm³/mol. The van der Waals surface area contributed by atoms with Gasteiger partial charge < -0.3 is 20.3 Å². The molecule has 1 atom stereocenters. The Morgan fingerprint density at radius 2 is 1.89 bits per heavy atom. The highest BCUT2D eigenvalue weighted by atomic mass is 16.5. The predicted octanol–water partition coefficient (Wildman–Crippen LogP) is 1.08. The SMILES string of the molecule is CCCNC(=O)C(=O)NC[C@@H](c1ccc2c(c1)CCCN2C)N1CCOCC1. The number of hydrogen-bond donors (Lipinski definition) is 2. The number of amides is 2. The average molecular weight is 389 g/mol. The molecule has 1 fully saturated rings. The highest BCUT2D eigenvalue weighted by molar-refractivity contribution is 6.35. The standard InChI is InChI=1S/C21H32N4O3/c1-3-8-22-20(26)21(27)23-15-19(25-10-12-28-13-11-25)17-6-7-18-16(14-17)5-4-9-24(18)2/h6-7,14,19H,3-5,8-13,15H2,1-2H3,(H,22,26)(H,23,27)/t19-/m0/s1. The van der Waals surface area contributed by atoms with Crippen molar-refractivity contribution in [3.8, 4) is 0 Å². The van der Waals surface area contributed by atoms with E-state index in [0.717, 1.165) is 38.9 Å². The minimum atomic E-state index is -0.565. The summed E-state index contributed by atoms with van der Waals surface area (Å²) < 4.78 is 5.50. The van der Waals surface area contributed by atoms with Gasteiger partial charge in [-0.05, 0) is 36.5 Å². The van der Waals surface area contributed by atoms with Gasteiger partial charge in [-0.2, -0.15) is 0 Å². The fourth-order valence-electron chi connectivity index (χ4n) is 3.95. The minimum absolute atomic E-state index is 0.0318. The van der Waals surface area contributed by atoms with Crippen LogP contribution in [-0.4, -0.2) is 69.7 Å². The minimum Gasteiger partial charge on any atom is -0.379 e. The van der Waals surface area contributed by atoms with Crippen molar-refractivity contribution < 1.29 is 14.3 Å². The largest absolute Gasteiger partial charge is 0.379 e. The second kappa shape index (κ2) is 9.89. The van der Waals surface area contributed by atoms with Crippen LogP contribution in [0.25, 0.3) is 0 Å². The molecule has 2 N–H and O–H groups in total. The first-order valence-electron chi connectivity index (χ1n) is 10.3. The number of nitrogens with one attached hydrogen (secondary N) is 2. The Labute approximate surface area is 167 Å². The van der Waals surface area contributed by atoms with Gasteiger partial charge in [-0.25, -0.2) is 0 Å². The van der Waals surface area contributed by atoms with Gasteiger partial charge in [0.05, 0.1) is 19.3 Å². The van der Waals surface area contributed by atoms with Crippen LogP contribution in [0.5, 0.6) is 0 Å². The summed E-state index contributed by atoms with van der Waals surface area (Å²) in [6.45, 7) is 6.98. The van der Waals surface area contributed by atoms with Gasteiger partial charge in [0.15, 0.2) is 0 Å². The molecule has 154 valence electrons. The van der Waals surface area contributed by atoms with Crippen molar-refractivity contribution in [1.29, 1.82) is 0 Å². The van der Waals surface area contributed by atoms with Crippen LogP contribution in [0.3, 0.4) is 0 Å². The number of morpholine rings is 1. The number of ether oxygens (including phenoxy) is 1. The Hall–Kier alpha value is -2.12. The maximum Gasteiger partial charge on any atom is 0.309 e. The number of carbonyl (C=O) groups excluding carboxylic acids is 2. The number of fused-ring (bicyclic) bond motifs is 1. The van der Waals surface area contributed by atoms with Gasteiger partial charge in [-0.15, -0.1) is 0 Å². The van der Waals surface area contributed by atoms with Crippen molar-refractivity contribution in [3.63, 3.8) is 0 Å². The van der Waals surface area contributed by atoms with Gasteiger partial charge in [0.25, 0.3) is 0 Å². The molecule has 7 heteroatoms. The molecular weight excluding hydrogens is 356 g/mol. The van der Waals surface area contributed by atoms with Crippen molar-refractivity contribution in [2.24, 2.45) is 0 Å².